The van der Waals surface area contributed by atoms with E-state index < -0.39 is 0 Å². The van der Waals surface area contributed by atoms with Gasteiger partial charge in [-0.15, -0.1) is 0 Å². The first kappa shape index (κ1) is 24.7. The molecule has 1 saturated heterocycles. The summed E-state index contributed by atoms with van der Waals surface area (Å²) in [6, 6.07) is 0. The molecule has 3 heteroatoms. The molecule has 1 heterocycles. The number of carbonyl (C=O) groups excluding carboxylic acids is 1. The molecule has 6 aliphatic rings. The smallest absolute Gasteiger partial charge is 0.302 e. The van der Waals surface area contributed by atoms with Crippen LogP contribution in [0.1, 0.15) is 126 Å². The Morgan fingerprint density at radius 2 is 1.54 bits per heavy atom. The SMILES string of the molecule is CC(=O)O[C@@H]1CC[C@]23C[C@]24CC[C@]2(C)[C@@H]([C@H](C)CCC5OC5(C)C)CC[C@@]2(C)[C@@H]4CC[C@H]3C1(C)C. The maximum Gasteiger partial charge on any atom is 0.302 e. The number of epoxide rings is 1. The summed E-state index contributed by atoms with van der Waals surface area (Å²) in [5.41, 5.74) is 2.32. The molecule has 0 radical (unpaired) electrons. The van der Waals surface area contributed by atoms with E-state index in [-0.39, 0.29) is 23.1 Å². The van der Waals surface area contributed by atoms with E-state index in [1.54, 1.807) is 6.92 Å². The fourth-order valence-electron chi connectivity index (χ4n) is 12.1. The van der Waals surface area contributed by atoms with E-state index >= 15 is 0 Å². The first-order valence-corrected chi connectivity index (χ1v) is 15.1. The normalized spacial score (nSPS) is 53.4. The topological polar surface area (TPSA) is 38.8 Å². The van der Waals surface area contributed by atoms with Crippen LogP contribution in [0.5, 0.6) is 0 Å². The molecule has 0 aromatic carbocycles. The van der Waals surface area contributed by atoms with Gasteiger partial charge in [-0.05, 0) is 130 Å². The Morgan fingerprint density at radius 1 is 0.886 bits per heavy atom. The predicted octanol–water partition coefficient (Wildman–Crippen LogP) is 7.95. The number of esters is 1. The number of hydrogen-bond acceptors (Lipinski definition) is 3. The van der Waals surface area contributed by atoms with Gasteiger partial charge < -0.3 is 9.47 Å². The van der Waals surface area contributed by atoms with Gasteiger partial charge in [-0.25, -0.2) is 0 Å². The minimum Gasteiger partial charge on any atom is -0.462 e. The zero-order chi connectivity index (χ0) is 25.2. The van der Waals surface area contributed by atoms with E-state index in [0.29, 0.717) is 27.8 Å². The van der Waals surface area contributed by atoms with Gasteiger partial charge in [0.25, 0.3) is 0 Å². The Kier molecular flexibility index (Phi) is 5.16. The molecular weight excluding hydrogens is 432 g/mol. The lowest BCUT2D eigenvalue weighted by Crippen LogP contribution is -2.58. The third-order valence-corrected chi connectivity index (χ3v) is 14.2. The second-order valence-corrected chi connectivity index (χ2v) is 15.9. The zero-order valence-electron chi connectivity index (χ0n) is 24.0. The summed E-state index contributed by atoms with van der Waals surface area (Å²) in [6.45, 7) is 19.0. The van der Waals surface area contributed by atoms with Crippen LogP contribution in [0.4, 0.5) is 0 Å². The van der Waals surface area contributed by atoms with E-state index in [0.717, 1.165) is 30.1 Å². The van der Waals surface area contributed by atoms with Crippen molar-refractivity contribution in [2.24, 2.45) is 50.7 Å². The van der Waals surface area contributed by atoms with Crippen molar-refractivity contribution in [2.75, 3.05) is 0 Å². The largest absolute Gasteiger partial charge is 0.462 e. The highest BCUT2D eigenvalue weighted by molar-refractivity contribution is 5.66. The number of hydrogen-bond donors (Lipinski definition) is 0. The summed E-state index contributed by atoms with van der Waals surface area (Å²) in [7, 11) is 0. The lowest BCUT2D eigenvalue weighted by Gasteiger charge is -2.63. The Labute approximate surface area is 214 Å². The monoisotopic (exact) mass is 484 g/mol. The molecule has 10 atom stereocenters. The van der Waals surface area contributed by atoms with E-state index in [4.69, 9.17) is 9.47 Å². The maximum absolute atomic E-state index is 11.9. The lowest BCUT2D eigenvalue weighted by molar-refractivity contribution is -0.181. The summed E-state index contributed by atoms with van der Waals surface area (Å²) in [5.74, 6) is 3.19. The van der Waals surface area contributed by atoms with Crippen molar-refractivity contribution in [1.82, 2.24) is 0 Å². The van der Waals surface area contributed by atoms with E-state index in [1.165, 1.54) is 64.2 Å². The van der Waals surface area contributed by atoms with Crippen LogP contribution in [-0.2, 0) is 14.3 Å². The molecule has 3 nitrogen and oxygen atoms in total. The maximum atomic E-state index is 11.9. The lowest BCUT2D eigenvalue weighted by atomic mass is 9.41. The van der Waals surface area contributed by atoms with Crippen LogP contribution < -0.4 is 0 Å². The first-order valence-electron chi connectivity index (χ1n) is 15.1. The van der Waals surface area contributed by atoms with Crippen molar-refractivity contribution in [3.63, 3.8) is 0 Å². The molecule has 0 aromatic heterocycles. The quantitative estimate of drug-likeness (QED) is 0.293. The molecule has 6 fully saturated rings. The average molecular weight is 485 g/mol. The number of carbonyl (C=O) groups is 1. The predicted molar refractivity (Wildman–Crippen MR) is 140 cm³/mol. The standard InChI is InChI=1S/C32H52O3/c1-20(9-12-26-28(5,6)35-26)22-13-15-30(8)24-11-10-23-27(3,4)25(34-21(2)33)14-16-31(23)19-32(24,31)18-17-29(22,30)7/h20,22-26H,9-19H2,1-8H3/t20-,22-,23+,24+,25-,26?,29-,30+,31-,32+/m1/s1. The van der Waals surface area contributed by atoms with E-state index in [9.17, 15) is 4.79 Å². The summed E-state index contributed by atoms with van der Waals surface area (Å²) >= 11 is 0. The zero-order valence-corrected chi connectivity index (χ0v) is 24.0. The number of rotatable bonds is 5. The minimum atomic E-state index is -0.0953. The summed E-state index contributed by atoms with van der Waals surface area (Å²) in [5, 5.41) is 0. The summed E-state index contributed by atoms with van der Waals surface area (Å²) < 4.78 is 11.8. The molecule has 1 unspecified atom stereocenters. The fraction of sp³-hybridized carbons (Fsp3) is 0.969. The summed E-state index contributed by atoms with van der Waals surface area (Å²) in [4.78, 5) is 11.9. The van der Waals surface area contributed by atoms with Crippen LogP contribution in [0, 0.1) is 50.7 Å². The van der Waals surface area contributed by atoms with Crippen LogP contribution in [0.2, 0.25) is 0 Å². The Balaban J connectivity index is 1.22. The van der Waals surface area contributed by atoms with Crippen molar-refractivity contribution >= 4 is 5.97 Å². The highest BCUT2D eigenvalue weighted by Gasteiger charge is 2.82. The minimum absolute atomic E-state index is 0.0953. The molecule has 0 amide bonds. The van der Waals surface area contributed by atoms with Gasteiger partial charge in [-0.2, -0.15) is 0 Å². The highest BCUT2D eigenvalue weighted by Crippen LogP contribution is 2.89. The van der Waals surface area contributed by atoms with Crippen LogP contribution in [-0.4, -0.2) is 23.8 Å². The molecule has 0 aromatic rings. The molecule has 5 aliphatic carbocycles. The number of fused-ring (bicyclic) bond motifs is 2. The van der Waals surface area contributed by atoms with Gasteiger partial charge in [-0.3, -0.25) is 4.79 Å². The highest BCUT2D eigenvalue weighted by atomic mass is 16.6. The van der Waals surface area contributed by atoms with Gasteiger partial charge in [0.2, 0.25) is 0 Å². The van der Waals surface area contributed by atoms with Gasteiger partial charge in [0, 0.05) is 12.3 Å². The van der Waals surface area contributed by atoms with Gasteiger partial charge in [-0.1, -0.05) is 34.6 Å². The molecule has 5 saturated carbocycles. The Bertz CT molecular complexity index is 906. The molecule has 1 aliphatic heterocycles. The third-order valence-electron chi connectivity index (χ3n) is 14.2. The van der Waals surface area contributed by atoms with Crippen LogP contribution in [0.15, 0.2) is 0 Å². The van der Waals surface area contributed by atoms with Crippen molar-refractivity contribution in [3.05, 3.63) is 0 Å². The van der Waals surface area contributed by atoms with Crippen LogP contribution in [0.25, 0.3) is 0 Å². The van der Waals surface area contributed by atoms with Gasteiger partial charge in [0.05, 0.1) is 11.7 Å². The summed E-state index contributed by atoms with van der Waals surface area (Å²) in [6.07, 6.45) is 15.5. The molecule has 2 spiro atoms. The molecular formula is C32H52O3. The van der Waals surface area contributed by atoms with Crippen molar-refractivity contribution in [1.29, 1.82) is 0 Å². The Hall–Kier alpha value is -0.570. The van der Waals surface area contributed by atoms with Crippen LogP contribution >= 0.6 is 0 Å². The van der Waals surface area contributed by atoms with Crippen LogP contribution in [0.3, 0.4) is 0 Å². The van der Waals surface area contributed by atoms with Crippen molar-refractivity contribution < 1.29 is 14.3 Å². The molecule has 198 valence electrons. The average Bonchev–Trinajstić information content (AvgIpc) is 3.58. The Morgan fingerprint density at radius 3 is 2.20 bits per heavy atom. The van der Waals surface area contributed by atoms with Crippen molar-refractivity contribution in [3.8, 4) is 0 Å². The van der Waals surface area contributed by atoms with E-state index in [1.807, 2.05) is 0 Å². The molecule has 6 rings (SSSR count). The van der Waals surface area contributed by atoms with Gasteiger partial charge in [0.1, 0.15) is 6.10 Å². The molecule has 0 bridgehead atoms. The van der Waals surface area contributed by atoms with E-state index in [2.05, 4.69) is 48.5 Å². The van der Waals surface area contributed by atoms with Gasteiger partial charge in [0.15, 0.2) is 0 Å². The third kappa shape index (κ3) is 3.09. The van der Waals surface area contributed by atoms with Crippen molar-refractivity contribution in [2.45, 2.75) is 144 Å². The molecule has 35 heavy (non-hydrogen) atoms. The fourth-order valence-corrected chi connectivity index (χ4v) is 12.1. The second-order valence-electron chi connectivity index (χ2n) is 15.9. The second kappa shape index (κ2) is 7.29. The first-order chi connectivity index (χ1) is 16.2. The molecule has 0 N–H and O–H groups in total. The number of ether oxygens (including phenoxy) is 2. The van der Waals surface area contributed by atoms with Gasteiger partial charge >= 0.3 is 5.97 Å².